The number of carbonyl (C=O) groups is 1. The number of benzene rings is 1. The molecule has 1 aromatic carbocycles. The molecule has 0 unspecified atom stereocenters. The zero-order valence-corrected chi connectivity index (χ0v) is 15.3. The van der Waals surface area contributed by atoms with E-state index in [1.807, 2.05) is 0 Å². The van der Waals surface area contributed by atoms with Gasteiger partial charge in [-0.05, 0) is 35.4 Å². The number of rotatable bonds is 4. The van der Waals surface area contributed by atoms with Crippen LogP contribution >= 0.6 is 11.8 Å². The average molecular weight is 335 g/mol. The van der Waals surface area contributed by atoms with Gasteiger partial charge < -0.3 is 14.4 Å². The number of methoxy groups -OCH3 is 2. The van der Waals surface area contributed by atoms with E-state index in [9.17, 15) is 4.79 Å². The standard InChI is InChI=1S/C18H25NO3S/c1-6-23-16-17(20)19-8-7-11-9-13(21-4)14(22-5)10-12(11)15(19)18(16,2)3/h9-10,15-16H,6-8H2,1-5H3/t15-,16+/m1/s1. The van der Waals surface area contributed by atoms with Crippen LogP contribution in [0.4, 0.5) is 0 Å². The van der Waals surface area contributed by atoms with Crippen molar-refractivity contribution in [2.75, 3.05) is 26.5 Å². The molecule has 0 radical (unpaired) electrons. The van der Waals surface area contributed by atoms with Crippen LogP contribution in [0.15, 0.2) is 12.1 Å². The summed E-state index contributed by atoms with van der Waals surface area (Å²) in [6.07, 6.45) is 0.873. The summed E-state index contributed by atoms with van der Waals surface area (Å²) in [6, 6.07) is 4.26. The van der Waals surface area contributed by atoms with E-state index in [0.717, 1.165) is 30.2 Å². The Morgan fingerprint density at radius 3 is 2.52 bits per heavy atom. The van der Waals surface area contributed by atoms with Crippen LogP contribution in [0.25, 0.3) is 0 Å². The predicted octanol–water partition coefficient (Wildman–Crippen LogP) is 3.29. The highest BCUT2D eigenvalue weighted by atomic mass is 32.2. The van der Waals surface area contributed by atoms with Gasteiger partial charge in [-0.2, -0.15) is 0 Å². The van der Waals surface area contributed by atoms with Gasteiger partial charge in [-0.15, -0.1) is 11.8 Å². The third kappa shape index (κ3) is 2.40. The quantitative estimate of drug-likeness (QED) is 0.846. The summed E-state index contributed by atoms with van der Waals surface area (Å²) >= 11 is 1.77. The van der Waals surface area contributed by atoms with E-state index in [1.54, 1.807) is 26.0 Å². The van der Waals surface area contributed by atoms with Crippen LogP contribution in [0.5, 0.6) is 11.5 Å². The molecule has 0 N–H and O–H groups in total. The van der Waals surface area contributed by atoms with Crippen molar-refractivity contribution in [3.05, 3.63) is 23.3 Å². The summed E-state index contributed by atoms with van der Waals surface area (Å²) < 4.78 is 10.9. The average Bonchev–Trinajstić information content (AvgIpc) is 2.74. The van der Waals surface area contributed by atoms with Crippen molar-refractivity contribution >= 4 is 17.7 Å². The molecule has 2 aliphatic heterocycles. The van der Waals surface area contributed by atoms with Crippen LogP contribution in [0, 0.1) is 5.41 Å². The van der Waals surface area contributed by atoms with Gasteiger partial charge in [0.15, 0.2) is 11.5 Å². The van der Waals surface area contributed by atoms with Crippen LogP contribution < -0.4 is 9.47 Å². The van der Waals surface area contributed by atoms with E-state index >= 15 is 0 Å². The molecule has 126 valence electrons. The van der Waals surface area contributed by atoms with Gasteiger partial charge in [0.25, 0.3) is 0 Å². The van der Waals surface area contributed by atoms with Crippen LogP contribution in [-0.2, 0) is 11.2 Å². The summed E-state index contributed by atoms with van der Waals surface area (Å²) in [5, 5.41) is 0.0246. The maximum absolute atomic E-state index is 12.9. The highest BCUT2D eigenvalue weighted by Crippen LogP contribution is 2.55. The zero-order valence-electron chi connectivity index (χ0n) is 14.5. The Morgan fingerprint density at radius 2 is 1.91 bits per heavy atom. The van der Waals surface area contributed by atoms with E-state index in [4.69, 9.17) is 9.47 Å². The summed E-state index contributed by atoms with van der Waals surface area (Å²) in [7, 11) is 3.32. The van der Waals surface area contributed by atoms with Crippen molar-refractivity contribution < 1.29 is 14.3 Å². The first-order chi connectivity index (χ1) is 11.0. The van der Waals surface area contributed by atoms with E-state index in [2.05, 4.69) is 37.8 Å². The molecule has 2 heterocycles. The number of hydrogen-bond donors (Lipinski definition) is 0. The molecule has 0 saturated carbocycles. The number of amides is 1. The first kappa shape index (κ1) is 16.5. The van der Waals surface area contributed by atoms with Crippen LogP contribution in [-0.4, -0.2) is 42.6 Å². The van der Waals surface area contributed by atoms with Gasteiger partial charge in [0.1, 0.15) is 0 Å². The molecule has 1 saturated heterocycles. The van der Waals surface area contributed by atoms with Crippen LogP contribution in [0.1, 0.15) is 37.9 Å². The van der Waals surface area contributed by atoms with E-state index in [0.29, 0.717) is 0 Å². The predicted molar refractivity (Wildman–Crippen MR) is 93.4 cm³/mol. The van der Waals surface area contributed by atoms with Crippen molar-refractivity contribution in [3.63, 3.8) is 0 Å². The smallest absolute Gasteiger partial charge is 0.236 e. The molecule has 0 aliphatic carbocycles. The van der Waals surface area contributed by atoms with E-state index in [1.165, 1.54) is 11.1 Å². The maximum Gasteiger partial charge on any atom is 0.236 e. The molecule has 3 rings (SSSR count). The third-order valence-electron chi connectivity index (χ3n) is 5.09. The normalized spacial score (nSPS) is 25.1. The number of fused-ring (bicyclic) bond motifs is 3. The molecule has 2 aliphatic rings. The minimum Gasteiger partial charge on any atom is -0.493 e. The lowest BCUT2D eigenvalue weighted by atomic mass is 9.77. The fourth-order valence-electron chi connectivity index (χ4n) is 4.05. The first-order valence-electron chi connectivity index (χ1n) is 8.12. The fraction of sp³-hybridized carbons (Fsp3) is 0.611. The zero-order chi connectivity index (χ0) is 16.8. The van der Waals surface area contributed by atoms with Gasteiger partial charge in [-0.3, -0.25) is 4.79 Å². The lowest BCUT2D eigenvalue weighted by Gasteiger charge is -2.38. The van der Waals surface area contributed by atoms with Crippen molar-refractivity contribution in [1.82, 2.24) is 4.90 Å². The molecule has 0 bridgehead atoms. The molecule has 1 aromatic rings. The van der Waals surface area contributed by atoms with Crippen molar-refractivity contribution in [2.24, 2.45) is 5.41 Å². The van der Waals surface area contributed by atoms with Crippen LogP contribution in [0.2, 0.25) is 0 Å². The third-order valence-corrected chi connectivity index (χ3v) is 6.57. The van der Waals surface area contributed by atoms with Gasteiger partial charge in [0, 0.05) is 12.0 Å². The first-order valence-corrected chi connectivity index (χ1v) is 9.17. The highest BCUT2D eigenvalue weighted by Gasteiger charge is 2.55. The Hall–Kier alpha value is -1.36. The summed E-state index contributed by atoms with van der Waals surface area (Å²) in [4.78, 5) is 15.0. The van der Waals surface area contributed by atoms with Crippen molar-refractivity contribution in [2.45, 2.75) is 38.5 Å². The van der Waals surface area contributed by atoms with Gasteiger partial charge in [0.05, 0.1) is 25.5 Å². The largest absolute Gasteiger partial charge is 0.493 e. The van der Waals surface area contributed by atoms with Gasteiger partial charge in [-0.1, -0.05) is 20.8 Å². The molecule has 23 heavy (non-hydrogen) atoms. The Labute approximate surface area is 142 Å². The molecule has 5 heteroatoms. The van der Waals surface area contributed by atoms with E-state index < -0.39 is 0 Å². The number of thioether (sulfide) groups is 1. The molecular weight excluding hydrogens is 310 g/mol. The Kier molecular flexibility index (Phi) is 4.25. The number of ether oxygens (including phenoxy) is 2. The lowest BCUT2D eigenvalue weighted by molar-refractivity contribution is -0.128. The second kappa shape index (κ2) is 5.93. The molecule has 0 spiro atoms. The molecule has 0 aromatic heterocycles. The number of carbonyl (C=O) groups excluding carboxylic acids is 1. The van der Waals surface area contributed by atoms with Gasteiger partial charge in [-0.25, -0.2) is 0 Å². The Morgan fingerprint density at radius 1 is 1.26 bits per heavy atom. The second-order valence-electron chi connectivity index (χ2n) is 6.75. The Bertz CT molecular complexity index is 629. The van der Waals surface area contributed by atoms with Crippen molar-refractivity contribution in [1.29, 1.82) is 0 Å². The molecule has 4 nitrogen and oxygen atoms in total. The summed E-state index contributed by atoms with van der Waals surface area (Å²) in [6.45, 7) is 7.34. The molecule has 2 atom stereocenters. The number of hydrogen-bond acceptors (Lipinski definition) is 4. The number of nitrogens with zero attached hydrogens (tertiary/aromatic N) is 1. The van der Waals surface area contributed by atoms with Crippen molar-refractivity contribution in [3.8, 4) is 11.5 Å². The molecule has 1 amide bonds. The molecule has 1 fully saturated rings. The van der Waals surface area contributed by atoms with E-state index in [-0.39, 0.29) is 22.6 Å². The van der Waals surface area contributed by atoms with Gasteiger partial charge in [0.2, 0.25) is 5.91 Å². The highest BCUT2D eigenvalue weighted by molar-refractivity contribution is 8.00. The topological polar surface area (TPSA) is 38.8 Å². The fourth-order valence-corrected chi connectivity index (χ4v) is 5.22. The monoisotopic (exact) mass is 335 g/mol. The molecular formula is C18H25NO3S. The minimum atomic E-state index is -0.105. The SMILES string of the molecule is CCS[C@H]1C(=O)N2CCc3cc(OC)c(OC)cc3[C@@H]2C1(C)C. The minimum absolute atomic E-state index is 0.0246. The second-order valence-corrected chi connectivity index (χ2v) is 8.13. The Balaban J connectivity index is 2.10. The summed E-state index contributed by atoms with van der Waals surface area (Å²) in [5.41, 5.74) is 2.38. The van der Waals surface area contributed by atoms with Gasteiger partial charge >= 0.3 is 0 Å². The van der Waals surface area contributed by atoms with Crippen LogP contribution in [0.3, 0.4) is 0 Å². The summed E-state index contributed by atoms with van der Waals surface area (Å²) in [5.74, 6) is 2.75. The lowest BCUT2D eigenvalue weighted by Crippen LogP contribution is -2.37. The maximum atomic E-state index is 12.9.